The molecule has 0 aliphatic carbocycles. The molecule has 7 nitrogen and oxygen atoms in total. The highest BCUT2D eigenvalue weighted by molar-refractivity contribution is 6.14. The summed E-state index contributed by atoms with van der Waals surface area (Å²) in [4.78, 5) is 34.1. The molecule has 1 aromatic carbocycles. The predicted octanol–water partition coefficient (Wildman–Crippen LogP) is 2.78. The number of rotatable bonds is 8. The number of ketones is 1. The van der Waals surface area contributed by atoms with Crippen LogP contribution in [-0.4, -0.2) is 71.0 Å². The summed E-state index contributed by atoms with van der Waals surface area (Å²) in [6.45, 7) is 4.43. The summed E-state index contributed by atoms with van der Waals surface area (Å²) in [6.07, 6.45) is 7.11. The van der Waals surface area contributed by atoms with E-state index in [1.165, 1.54) is 6.08 Å². The number of hydrogen-bond donors (Lipinski definition) is 1. The molecule has 1 N–H and O–H groups in total. The van der Waals surface area contributed by atoms with Gasteiger partial charge in [0.2, 0.25) is 0 Å². The molecule has 2 aliphatic rings. The highest BCUT2D eigenvalue weighted by atomic mass is 16.5. The van der Waals surface area contributed by atoms with Crippen molar-refractivity contribution in [2.24, 2.45) is 0 Å². The second kappa shape index (κ2) is 10.3. The molecule has 0 radical (unpaired) electrons. The van der Waals surface area contributed by atoms with Crippen molar-refractivity contribution in [1.82, 2.24) is 14.8 Å². The fourth-order valence-electron chi connectivity index (χ4n) is 4.14. The van der Waals surface area contributed by atoms with Crippen LogP contribution in [0.3, 0.4) is 0 Å². The summed E-state index contributed by atoms with van der Waals surface area (Å²) in [7, 11) is 0. The number of carbonyl (C=O) groups excluding carboxylic acids is 2. The van der Waals surface area contributed by atoms with Crippen molar-refractivity contribution in [3.63, 3.8) is 0 Å². The van der Waals surface area contributed by atoms with Crippen molar-refractivity contribution in [2.75, 3.05) is 39.4 Å². The first-order chi connectivity index (χ1) is 15.6. The lowest BCUT2D eigenvalue weighted by atomic mass is 9.96. The SMILES string of the molecule is O=C(/C=C/c1ccccc1)C1=C(O)C(=O)N(CCCN2CCOCC2)C1c1cccnc1. The molecule has 2 aromatic rings. The molecular weight excluding hydrogens is 406 g/mol. The summed E-state index contributed by atoms with van der Waals surface area (Å²) >= 11 is 0. The molecule has 0 spiro atoms. The minimum absolute atomic E-state index is 0.0987. The quantitative estimate of drug-likeness (QED) is 0.645. The van der Waals surface area contributed by atoms with Crippen molar-refractivity contribution < 1.29 is 19.4 Å². The molecule has 1 saturated heterocycles. The van der Waals surface area contributed by atoms with Crippen LogP contribution in [0.1, 0.15) is 23.6 Å². The lowest BCUT2D eigenvalue weighted by molar-refractivity contribution is -0.129. The van der Waals surface area contributed by atoms with E-state index in [1.54, 1.807) is 29.4 Å². The molecule has 2 aliphatic heterocycles. The maximum Gasteiger partial charge on any atom is 0.290 e. The number of amides is 1. The number of benzene rings is 1. The molecule has 0 saturated carbocycles. The molecule has 1 fully saturated rings. The van der Waals surface area contributed by atoms with Crippen LogP contribution in [0, 0.1) is 0 Å². The molecule has 0 bridgehead atoms. The van der Waals surface area contributed by atoms with Gasteiger partial charge in [0.05, 0.1) is 24.8 Å². The van der Waals surface area contributed by atoms with E-state index in [2.05, 4.69) is 9.88 Å². The van der Waals surface area contributed by atoms with Crippen LogP contribution in [0.4, 0.5) is 0 Å². The van der Waals surface area contributed by atoms with Crippen LogP contribution >= 0.6 is 0 Å². The monoisotopic (exact) mass is 433 g/mol. The van der Waals surface area contributed by atoms with E-state index in [-0.39, 0.29) is 11.4 Å². The van der Waals surface area contributed by atoms with Crippen LogP contribution in [0.5, 0.6) is 0 Å². The average molecular weight is 434 g/mol. The Morgan fingerprint density at radius 1 is 1.12 bits per heavy atom. The Labute approximate surface area is 187 Å². The minimum atomic E-state index is -0.659. The number of nitrogens with zero attached hydrogens (tertiary/aromatic N) is 3. The zero-order valence-electron chi connectivity index (χ0n) is 17.9. The fraction of sp³-hybridized carbons (Fsp3) is 0.320. The van der Waals surface area contributed by atoms with Crippen molar-refractivity contribution in [2.45, 2.75) is 12.5 Å². The van der Waals surface area contributed by atoms with Gasteiger partial charge < -0.3 is 14.7 Å². The van der Waals surface area contributed by atoms with Crippen LogP contribution in [0.2, 0.25) is 0 Å². The standard InChI is InChI=1S/C25H27N3O4/c29-21(10-9-19-6-2-1-3-7-19)22-23(20-8-4-11-26-18-20)28(25(31)24(22)30)13-5-12-27-14-16-32-17-15-27/h1-4,6-11,18,23,30H,5,12-17H2/b10-9+. The van der Waals surface area contributed by atoms with Crippen LogP contribution in [0.25, 0.3) is 6.08 Å². The van der Waals surface area contributed by atoms with Gasteiger partial charge in [-0.2, -0.15) is 0 Å². The summed E-state index contributed by atoms with van der Waals surface area (Å²) in [5.41, 5.74) is 1.67. The summed E-state index contributed by atoms with van der Waals surface area (Å²) in [6, 6.07) is 12.4. The predicted molar refractivity (Wildman–Crippen MR) is 121 cm³/mol. The van der Waals surface area contributed by atoms with Crippen molar-refractivity contribution in [3.05, 3.63) is 83.4 Å². The summed E-state index contributed by atoms with van der Waals surface area (Å²) in [5.74, 6) is -1.38. The Morgan fingerprint density at radius 2 is 1.91 bits per heavy atom. The average Bonchev–Trinajstić information content (AvgIpc) is 3.09. The fourth-order valence-corrected chi connectivity index (χ4v) is 4.14. The van der Waals surface area contributed by atoms with E-state index in [1.807, 2.05) is 36.4 Å². The Kier molecular flexibility index (Phi) is 7.09. The molecule has 1 amide bonds. The van der Waals surface area contributed by atoms with E-state index in [0.717, 1.165) is 44.8 Å². The topological polar surface area (TPSA) is 83.0 Å². The molecule has 32 heavy (non-hydrogen) atoms. The maximum absolute atomic E-state index is 13.1. The Hall–Kier alpha value is -3.29. The van der Waals surface area contributed by atoms with Gasteiger partial charge in [0.25, 0.3) is 5.91 Å². The van der Waals surface area contributed by atoms with E-state index < -0.39 is 17.7 Å². The third-order valence-corrected chi connectivity index (χ3v) is 5.77. The number of morpholine rings is 1. The van der Waals surface area contributed by atoms with Crippen molar-refractivity contribution in [1.29, 1.82) is 0 Å². The van der Waals surface area contributed by atoms with Crippen LogP contribution < -0.4 is 0 Å². The van der Waals surface area contributed by atoms with Gasteiger partial charge in [0, 0.05) is 38.6 Å². The van der Waals surface area contributed by atoms with Gasteiger partial charge in [-0.3, -0.25) is 19.5 Å². The Morgan fingerprint density at radius 3 is 2.62 bits per heavy atom. The molecule has 1 atom stereocenters. The maximum atomic E-state index is 13.1. The first kappa shape index (κ1) is 21.9. The van der Waals surface area contributed by atoms with Crippen LogP contribution in [0.15, 0.2) is 72.3 Å². The second-order valence-electron chi connectivity index (χ2n) is 7.87. The smallest absolute Gasteiger partial charge is 0.290 e. The first-order valence-electron chi connectivity index (χ1n) is 10.9. The lowest BCUT2D eigenvalue weighted by Gasteiger charge is -2.29. The van der Waals surface area contributed by atoms with Crippen molar-refractivity contribution in [3.8, 4) is 0 Å². The van der Waals surface area contributed by atoms with Gasteiger partial charge >= 0.3 is 0 Å². The molecule has 1 unspecified atom stereocenters. The number of aliphatic hydroxyl groups is 1. The third kappa shape index (κ3) is 4.95. The van der Waals surface area contributed by atoms with Gasteiger partial charge in [0.15, 0.2) is 11.5 Å². The number of allylic oxidation sites excluding steroid dienone is 1. The summed E-state index contributed by atoms with van der Waals surface area (Å²) in [5, 5.41) is 10.7. The van der Waals surface area contributed by atoms with E-state index >= 15 is 0 Å². The first-order valence-corrected chi connectivity index (χ1v) is 10.9. The largest absolute Gasteiger partial charge is 0.503 e. The highest BCUT2D eigenvalue weighted by Gasteiger charge is 2.42. The Balaban J connectivity index is 1.54. The number of aliphatic hydroxyl groups excluding tert-OH is 1. The number of aromatic nitrogens is 1. The number of ether oxygens (including phenoxy) is 1. The van der Waals surface area contributed by atoms with E-state index in [9.17, 15) is 14.7 Å². The normalized spacial score (nSPS) is 19.8. The molecular formula is C25H27N3O4. The minimum Gasteiger partial charge on any atom is -0.503 e. The third-order valence-electron chi connectivity index (χ3n) is 5.77. The molecule has 4 rings (SSSR count). The molecule has 3 heterocycles. The number of carbonyl (C=O) groups is 2. The Bertz CT molecular complexity index is 998. The van der Waals surface area contributed by atoms with Gasteiger partial charge in [-0.15, -0.1) is 0 Å². The van der Waals surface area contributed by atoms with Gasteiger partial charge in [-0.1, -0.05) is 42.5 Å². The zero-order chi connectivity index (χ0) is 22.3. The summed E-state index contributed by atoms with van der Waals surface area (Å²) < 4.78 is 5.38. The van der Waals surface area contributed by atoms with Gasteiger partial charge in [0.1, 0.15) is 0 Å². The molecule has 7 heteroatoms. The second-order valence-corrected chi connectivity index (χ2v) is 7.87. The zero-order valence-corrected chi connectivity index (χ0v) is 17.9. The van der Waals surface area contributed by atoms with Gasteiger partial charge in [-0.05, 0) is 29.7 Å². The van der Waals surface area contributed by atoms with E-state index in [4.69, 9.17) is 4.74 Å². The van der Waals surface area contributed by atoms with Crippen LogP contribution in [-0.2, 0) is 14.3 Å². The molecule has 1 aromatic heterocycles. The van der Waals surface area contributed by atoms with Crippen molar-refractivity contribution >= 4 is 17.8 Å². The molecule has 166 valence electrons. The highest BCUT2D eigenvalue weighted by Crippen LogP contribution is 2.37. The number of pyridine rings is 1. The lowest BCUT2D eigenvalue weighted by Crippen LogP contribution is -2.39. The number of hydrogen-bond acceptors (Lipinski definition) is 6. The van der Waals surface area contributed by atoms with E-state index in [0.29, 0.717) is 12.1 Å². The van der Waals surface area contributed by atoms with Gasteiger partial charge in [-0.25, -0.2) is 0 Å².